The van der Waals surface area contributed by atoms with E-state index in [1.54, 1.807) is 0 Å². The Morgan fingerprint density at radius 3 is 2.83 bits per heavy atom. The van der Waals surface area contributed by atoms with E-state index in [1.165, 1.54) is 29.4 Å². The van der Waals surface area contributed by atoms with Crippen LogP contribution < -0.4 is 10.6 Å². The zero-order chi connectivity index (χ0) is 20.1. The van der Waals surface area contributed by atoms with Crippen molar-refractivity contribution in [2.75, 3.05) is 10.6 Å². The number of hydrogen-bond acceptors (Lipinski definition) is 3. The molecule has 2 aromatic carbocycles. The minimum atomic E-state index is 0.0576. The van der Waals surface area contributed by atoms with Crippen LogP contribution in [0, 0.1) is 0 Å². The molecule has 1 aromatic heterocycles. The molecule has 5 nitrogen and oxygen atoms in total. The number of aromatic nitrogens is 2. The van der Waals surface area contributed by atoms with Crippen LogP contribution in [0.25, 0.3) is 22.0 Å². The summed E-state index contributed by atoms with van der Waals surface area (Å²) < 4.78 is 2.21. The molecule has 2 N–H and O–H groups in total. The molecule has 0 radical (unpaired) electrons. The first kappa shape index (κ1) is 18.2. The second kappa shape index (κ2) is 6.90. The van der Waals surface area contributed by atoms with Gasteiger partial charge in [0.25, 0.3) is 0 Å². The average Bonchev–Trinajstić information content (AvgIpc) is 3.50. The smallest absolute Gasteiger partial charge is 0.226 e. The summed E-state index contributed by atoms with van der Waals surface area (Å²) in [4.78, 5) is 12.1. The fourth-order valence-electron chi connectivity index (χ4n) is 4.33. The van der Waals surface area contributed by atoms with Crippen LogP contribution in [0.3, 0.4) is 0 Å². The number of anilines is 2. The predicted octanol–water partition coefficient (Wildman–Crippen LogP) is 5.69. The van der Waals surface area contributed by atoms with Crippen molar-refractivity contribution < 1.29 is 4.79 Å². The topological polar surface area (TPSA) is 59.0 Å². The second-order valence-corrected chi connectivity index (χ2v) is 8.62. The lowest BCUT2D eigenvalue weighted by Gasteiger charge is -2.17. The number of nitrogens with one attached hydrogen (secondary N) is 2. The molecular weight excluding hydrogens is 360 g/mol. The Morgan fingerprint density at radius 1 is 1.24 bits per heavy atom. The van der Waals surface area contributed by atoms with Gasteiger partial charge in [-0.3, -0.25) is 9.48 Å². The zero-order valence-corrected chi connectivity index (χ0v) is 17.3. The molecule has 2 atom stereocenters. The molecular formula is C24H28N4O. The molecule has 2 aliphatic rings. The summed E-state index contributed by atoms with van der Waals surface area (Å²) in [5, 5.41) is 12.9. The lowest BCUT2D eigenvalue weighted by molar-refractivity contribution is -0.116. The summed E-state index contributed by atoms with van der Waals surface area (Å²) in [5.74, 6) is 0.658. The maximum absolute atomic E-state index is 12.1. The van der Waals surface area contributed by atoms with E-state index in [9.17, 15) is 4.79 Å². The van der Waals surface area contributed by atoms with Gasteiger partial charge in [-0.2, -0.15) is 5.10 Å². The van der Waals surface area contributed by atoms with Crippen molar-refractivity contribution in [3.63, 3.8) is 0 Å². The van der Waals surface area contributed by atoms with Gasteiger partial charge in [0.2, 0.25) is 5.91 Å². The lowest BCUT2D eigenvalue weighted by atomic mass is 9.99. The van der Waals surface area contributed by atoms with Crippen molar-refractivity contribution >= 4 is 28.2 Å². The third-order valence-electron chi connectivity index (χ3n) is 6.24. The summed E-state index contributed by atoms with van der Waals surface area (Å²) in [5.41, 5.74) is 6.62. The van der Waals surface area contributed by atoms with Crippen LogP contribution in [0.1, 0.15) is 64.1 Å². The van der Waals surface area contributed by atoms with E-state index in [0.29, 0.717) is 18.4 Å². The largest absolute Gasteiger partial charge is 0.380 e. The highest BCUT2D eigenvalue weighted by molar-refractivity contribution is 6.01. The minimum Gasteiger partial charge on any atom is -0.380 e. The average molecular weight is 389 g/mol. The van der Waals surface area contributed by atoms with Crippen LogP contribution in [-0.4, -0.2) is 21.7 Å². The Balaban J connectivity index is 1.66. The highest BCUT2D eigenvalue weighted by Gasteiger charge is 2.30. The zero-order valence-electron chi connectivity index (χ0n) is 17.3. The Bertz CT molecular complexity index is 1100. The molecule has 29 heavy (non-hydrogen) atoms. The molecule has 0 spiro atoms. The van der Waals surface area contributed by atoms with Crippen LogP contribution in [0.4, 0.5) is 11.4 Å². The van der Waals surface area contributed by atoms with Crippen molar-refractivity contribution in [3.05, 3.63) is 42.1 Å². The molecule has 5 heteroatoms. The quantitative estimate of drug-likeness (QED) is 0.603. The van der Waals surface area contributed by atoms with E-state index in [1.807, 2.05) is 12.1 Å². The van der Waals surface area contributed by atoms with E-state index in [4.69, 9.17) is 5.10 Å². The number of para-hydroxylation sites is 1. The number of rotatable bonds is 4. The first-order chi connectivity index (χ1) is 14.0. The fourth-order valence-corrected chi connectivity index (χ4v) is 4.33. The van der Waals surface area contributed by atoms with E-state index >= 15 is 0 Å². The third-order valence-corrected chi connectivity index (χ3v) is 6.24. The molecule has 1 saturated carbocycles. The molecule has 1 unspecified atom stereocenters. The molecule has 1 aliphatic heterocycles. The Hall–Kier alpha value is -2.82. The first-order valence-corrected chi connectivity index (χ1v) is 10.8. The van der Waals surface area contributed by atoms with Gasteiger partial charge in [0.1, 0.15) is 0 Å². The molecule has 3 aromatic rings. The summed E-state index contributed by atoms with van der Waals surface area (Å²) in [6, 6.07) is 13.3. The fraction of sp³-hybridized carbons (Fsp3) is 0.417. The van der Waals surface area contributed by atoms with Gasteiger partial charge in [-0.1, -0.05) is 25.1 Å². The molecule has 1 aliphatic carbocycles. The summed E-state index contributed by atoms with van der Waals surface area (Å²) in [6.07, 6.45) is 4.02. The maximum atomic E-state index is 12.1. The van der Waals surface area contributed by atoms with E-state index in [-0.39, 0.29) is 11.9 Å². The summed E-state index contributed by atoms with van der Waals surface area (Å²) >= 11 is 0. The Labute approximate surface area is 171 Å². The molecule has 0 saturated heterocycles. The standard InChI is InChI=1S/C24H28N4O/c1-4-15(3)28-21-11-10-17(13-19(21)23(27-28)16-8-9-16)18-6-5-7-20-24(18)25-14(2)12-22(29)26-20/h5-7,10-11,13-16,25H,4,8-9,12H2,1-3H3,(H,26,29)/t14?,15-/m0/s1. The van der Waals surface area contributed by atoms with Crippen LogP contribution in [0.2, 0.25) is 0 Å². The number of amides is 1. The van der Waals surface area contributed by atoms with E-state index in [0.717, 1.165) is 28.9 Å². The van der Waals surface area contributed by atoms with Crippen molar-refractivity contribution in [3.8, 4) is 11.1 Å². The van der Waals surface area contributed by atoms with Gasteiger partial charge in [-0.25, -0.2) is 0 Å². The van der Waals surface area contributed by atoms with Crippen LogP contribution in [0.5, 0.6) is 0 Å². The number of carbonyl (C=O) groups excluding carboxylic acids is 1. The van der Waals surface area contributed by atoms with Gasteiger partial charge in [-0.05, 0) is 56.9 Å². The van der Waals surface area contributed by atoms with Crippen molar-refractivity contribution in [2.45, 2.75) is 64.5 Å². The second-order valence-electron chi connectivity index (χ2n) is 8.62. The molecule has 0 bridgehead atoms. The van der Waals surface area contributed by atoms with Crippen LogP contribution in [0.15, 0.2) is 36.4 Å². The van der Waals surface area contributed by atoms with Gasteiger partial charge in [0.05, 0.1) is 22.6 Å². The molecule has 5 rings (SSSR count). The predicted molar refractivity (Wildman–Crippen MR) is 118 cm³/mol. The van der Waals surface area contributed by atoms with Gasteiger partial charge >= 0.3 is 0 Å². The van der Waals surface area contributed by atoms with Gasteiger partial charge in [0.15, 0.2) is 0 Å². The monoisotopic (exact) mass is 388 g/mol. The van der Waals surface area contributed by atoms with Crippen LogP contribution in [-0.2, 0) is 4.79 Å². The number of carbonyl (C=O) groups is 1. The normalized spacial score (nSPS) is 20.0. The van der Waals surface area contributed by atoms with E-state index < -0.39 is 0 Å². The van der Waals surface area contributed by atoms with Crippen molar-refractivity contribution in [1.29, 1.82) is 0 Å². The third kappa shape index (κ3) is 3.18. The number of benzene rings is 2. The van der Waals surface area contributed by atoms with Gasteiger partial charge in [-0.15, -0.1) is 0 Å². The SMILES string of the molecule is CC[C@H](C)n1nc(C2CC2)c2cc(-c3cccc4c3NC(C)CC(=O)N4)ccc21. The Morgan fingerprint density at radius 2 is 2.07 bits per heavy atom. The minimum absolute atomic E-state index is 0.0576. The molecule has 1 fully saturated rings. The number of fused-ring (bicyclic) bond motifs is 2. The molecule has 1 amide bonds. The molecule has 2 heterocycles. The lowest BCUT2D eigenvalue weighted by Crippen LogP contribution is -2.19. The summed E-state index contributed by atoms with van der Waals surface area (Å²) in [7, 11) is 0. The van der Waals surface area contributed by atoms with Crippen LogP contribution >= 0.6 is 0 Å². The van der Waals surface area contributed by atoms with Crippen molar-refractivity contribution in [1.82, 2.24) is 9.78 Å². The van der Waals surface area contributed by atoms with Crippen molar-refractivity contribution in [2.24, 2.45) is 0 Å². The number of nitrogens with zero attached hydrogens (tertiary/aromatic N) is 2. The highest BCUT2D eigenvalue weighted by Crippen LogP contribution is 2.44. The summed E-state index contributed by atoms with van der Waals surface area (Å²) in [6.45, 7) is 6.50. The maximum Gasteiger partial charge on any atom is 0.226 e. The Kier molecular flexibility index (Phi) is 4.34. The van der Waals surface area contributed by atoms with Gasteiger partial charge < -0.3 is 10.6 Å². The van der Waals surface area contributed by atoms with Gasteiger partial charge in [0, 0.05) is 35.4 Å². The number of hydrogen-bond donors (Lipinski definition) is 2. The highest BCUT2D eigenvalue weighted by atomic mass is 16.1. The first-order valence-electron chi connectivity index (χ1n) is 10.8. The molecule has 150 valence electrons. The van der Waals surface area contributed by atoms with E-state index in [2.05, 4.69) is 60.4 Å².